The van der Waals surface area contributed by atoms with Gasteiger partial charge in [0.05, 0.1) is 12.7 Å². The molecule has 1 aliphatic rings. The van der Waals surface area contributed by atoms with Crippen LogP contribution in [-0.2, 0) is 16.6 Å². The summed E-state index contributed by atoms with van der Waals surface area (Å²) in [4.78, 5) is 0.261. The van der Waals surface area contributed by atoms with Gasteiger partial charge in [-0.1, -0.05) is 20.3 Å². The highest BCUT2D eigenvalue weighted by Gasteiger charge is 2.28. The molecule has 1 aliphatic carbocycles. The first kappa shape index (κ1) is 16.5. The molecule has 0 radical (unpaired) electrons. The van der Waals surface area contributed by atoms with Crippen molar-refractivity contribution in [2.24, 2.45) is 5.92 Å². The summed E-state index contributed by atoms with van der Waals surface area (Å²) in [6.45, 7) is 6.65. The average molecular weight is 314 g/mol. The van der Waals surface area contributed by atoms with E-state index in [0.29, 0.717) is 12.5 Å². The highest BCUT2D eigenvalue weighted by molar-refractivity contribution is 7.89. The lowest BCUT2D eigenvalue weighted by Crippen LogP contribution is -2.36. The van der Waals surface area contributed by atoms with Crippen molar-refractivity contribution >= 4 is 10.0 Å². The van der Waals surface area contributed by atoms with E-state index in [0.717, 1.165) is 38.8 Å². The van der Waals surface area contributed by atoms with Gasteiger partial charge in [0.2, 0.25) is 10.0 Å². The van der Waals surface area contributed by atoms with Gasteiger partial charge in [0.1, 0.15) is 4.90 Å². The Balaban J connectivity index is 1.92. The second-order valence-corrected chi connectivity index (χ2v) is 7.54. The van der Waals surface area contributed by atoms with Crippen LogP contribution in [0.2, 0.25) is 0 Å². The number of nitrogens with zero attached hydrogens (tertiary/aromatic N) is 2. The van der Waals surface area contributed by atoms with E-state index in [1.807, 2.05) is 0 Å². The van der Waals surface area contributed by atoms with Crippen molar-refractivity contribution in [3.8, 4) is 0 Å². The maximum Gasteiger partial charge on any atom is 0.243 e. The van der Waals surface area contributed by atoms with Crippen LogP contribution in [0.25, 0.3) is 0 Å². The first-order chi connectivity index (χ1) is 10.0. The van der Waals surface area contributed by atoms with Gasteiger partial charge in [0.15, 0.2) is 0 Å². The van der Waals surface area contributed by atoms with E-state index in [1.165, 1.54) is 6.20 Å². The lowest BCUT2D eigenvalue weighted by molar-refractivity contribution is 0.476. The van der Waals surface area contributed by atoms with Crippen LogP contribution in [-0.4, -0.2) is 37.3 Å². The molecule has 0 spiro atoms. The molecule has 21 heavy (non-hydrogen) atoms. The van der Waals surface area contributed by atoms with Gasteiger partial charge in [-0.15, -0.1) is 0 Å². The molecule has 6 nitrogen and oxygen atoms in total. The molecule has 1 aromatic rings. The molecule has 0 bridgehead atoms. The minimum absolute atomic E-state index is 0.0598. The van der Waals surface area contributed by atoms with Crippen molar-refractivity contribution in [1.29, 1.82) is 0 Å². The Kier molecular flexibility index (Phi) is 5.78. The van der Waals surface area contributed by atoms with E-state index in [2.05, 4.69) is 29.0 Å². The van der Waals surface area contributed by atoms with Crippen molar-refractivity contribution in [2.75, 3.05) is 13.1 Å². The van der Waals surface area contributed by atoms with Crippen LogP contribution < -0.4 is 10.0 Å². The maximum absolute atomic E-state index is 12.3. The Bertz CT molecular complexity index is 541. The van der Waals surface area contributed by atoms with E-state index in [-0.39, 0.29) is 10.9 Å². The molecule has 2 unspecified atom stereocenters. The van der Waals surface area contributed by atoms with Gasteiger partial charge in [0.25, 0.3) is 0 Å². The van der Waals surface area contributed by atoms with Gasteiger partial charge in [-0.05, 0) is 31.7 Å². The minimum Gasteiger partial charge on any atom is -0.315 e. The number of nitrogens with one attached hydrogen (secondary N) is 2. The molecule has 0 aromatic carbocycles. The second kappa shape index (κ2) is 7.38. The molecule has 1 saturated carbocycles. The van der Waals surface area contributed by atoms with Crippen molar-refractivity contribution in [3.63, 3.8) is 0 Å². The summed E-state index contributed by atoms with van der Waals surface area (Å²) in [7, 11) is -3.44. The van der Waals surface area contributed by atoms with E-state index < -0.39 is 10.0 Å². The quantitative estimate of drug-likeness (QED) is 0.710. The zero-order chi connectivity index (χ0) is 15.3. The minimum atomic E-state index is -3.44. The Morgan fingerprint density at radius 2 is 2.19 bits per heavy atom. The third kappa shape index (κ3) is 4.52. The number of aromatic nitrogens is 2. The number of hydrogen-bond donors (Lipinski definition) is 2. The average Bonchev–Trinajstić information content (AvgIpc) is 3.05. The largest absolute Gasteiger partial charge is 0.315 e. The van der Waals surface area contributed by atoms with Crippen molar-refractivity contribution in [1.82, 2.24) is 19.8 Å². The maximum atomic E-state index is 12.3. The monoisotopic (exact) mass is 314 g/mol. The van der Waals surface area contributed by atoms with Gasteiger partial charge in [0, 0.05) is 18.8 Å². The fraction of sp³-hybridized carbons (Fsp3) is 0.786. The Labute approximate surface area is 127 Å². The molecule has 2 rings (SSSR count). The fourth-order valence-corrected chi connectivity index (χ4v) is 4.02. The summed E-state index contributed by atoms with van der Waals surface area (Å²) < 4.78 is 29.2. The SMILES string of the molecule is CCCNCCn1cc(S(=O)(=O)NC2CCCC2C)cn1. The summed E-state index contributed by atoms with van der Waals surface area (Å²) in [5, 5.41) is 7.40. The van der Waals surface area contributed by atoms with Gasteiger partial charge in [-0.3, -0.25) is 4.68 Å². The van der Waals surface area contributed by atoms with E-state index >= 15 is 0 Å². The number of hydrogen-bond acceptors (Lipinski definition) is 4. The number of rotatable bonds is 8. The predicted octanol–water partition coefficient (Wildman–Crippen LogP) is 1.35. The molecule has 2 N–H and O–H groups in total. The lowest BCUT2D eigenvalue weighted by Gasteiger charge is -2.16. The standard InChI is InChI=1S/C14H26N4O2S/c1-3-7-15-8-9-18-11-13(10-16-18)21(19,20)17-14-6-4-5-12(14)2/h10-12,14-15,17H,3-9H2,1-2H3. The van der Waals surface area contributed by atoms with Crippen LogP contribution in [0, 0.1) is 5.92 Å². The van der Waals surface area contributed by atoms with Crippen molar-refractivity contribution in [2.45, 2.75) is 57.0 Å². The smallest absolute Gasteiger partial charge is 0.243 e. The summed E-state index contributed by atoms with van der Waals surface area (Å²) in [5.74, 6) is 0.410. The molecule has 0 aliphatic heterocycles. The second-order valence-electron chi connectivity index (χ2n) is 5.83. The van der Waals surface area contributed by atoms with E-state index in [1.54, 1.807) is 10.9 Å². The molecule has 1 fully saturated rings. The fourth-order valence-electron chi connectivity index (χ4n) is 2.69. The van der Waals surface area contributed by atoms with Crippen LogP contribution in [0.3, 0.4) is 0 Å². The predicted molar refractivity (Wildman–Crippen MR) is 82.5 cm³/mol. The lowest BCUT2D eigenvalue weighted by atomic mass is 10.1. The zero-order valence-electron chi connectivity index (χ0n) is 12.9. The topological polar surface area (TPSA) is 76.0 Å². The molecule has 7 heteroatoms. The summed E-state index contributed by atoms with van der Waals surface area (Å²) in [6.07, 6.45) is 7.24. The molecule has 120 valence electrons. The highest BCUT2D eigenvalue weighted by Crippen LogP contribution is 2.26. The molecular formula is C14H26N4O2S. The van der Waals surface area contributed by atoms with Crippen LogP contribution in [0.4, 0.5) is 0 Å². The molecular weight excluding hydrogens is 288 g/mol. The normalized spacial score (nSPS) is 22.8. The Morgan fingerprint density at radius 3 is 2.86 bits per heavy atom. The van der Waals surface area contributed by atoms with Gasteiger partial charge in [-0.2, -0.15) is 5.10 Å². The zero-order valence-corrected chi connectivity index (χ0v) is 13.7. The summed E-state index contributed by atoms with van der Waals surface area (Å²) >= 11 is 0. The Hall–Kier alpha value is -0.920. The summed E-state index contributed by atoms with van der Waals surface area (Å²) in [5.41, 5.74) is 0. The van der Waals surface area contributed by atoms with Crippen LogP contribution in [0.5, 0.6) is 0 Å². The van der Waals surface area contributed by atoms with E-state index in [4.69, 9.17) is 0 Å². The van der Waals surface area contributed by atoms with Crippen molar-refractivity contribution < 1.29 is 8.42 Å². The number of sulfonamides is 1. The van der Waals surface area contributed by atoms with Gasteiger partial charge < -0.3 is 5.32 Å². The van der Waals surface area contributed by atoms with Crippen molar-refractivity contribution in [3.05, 3.63) is 12.4 Å². The molecule has 1 aromatic heterocycles. The third-order valence-corrected chi connectivity index (χ3v) is 5.48. The first-order valence-corrected chi connectivity index (χ1v) is 9.26. The van der Waals surface area contributed by atoms with Crippen LogP contribution in [0.15, 0.2) is 17.3 Å². The Morgan fingerprint density at radius 1 is 1.38 bits per heavy atom. The molecule has 1 heterocycles. The molecule has 2 atom stereocenters. The third-order valence-electron chi connectivity index (χ3n) is 4.03. The van der Waals surface area contributed by atoms with E-state index in [9.17, 15) is 8.42 Å². The van der Waals surface area contributed by atoms with Crippen LogP contribution >= 0.6 is 0 Å². The van der Waals surface area contributed by atoms with Gasteiger partial charge >= 0.3 is 0 Å². The molecule has 0 amide bonds. The summed E-state index contributed by atoms with van der Waals surface area (Å²) in [6, 6.07) is 0.0598. The highest BCUT2D eigenvalue weighted by atomic mass is 32.2. The van der Waals surface area contributed by atoms with Gasteiger partial charge in [-0.25, -0.2) is 13.1 Å². The first-order valence-electron chi connectivity index (χ1n) is 7.78. The molecule has 0 saturated heterocycles. The van der Waals surface area contributed by atoms with Crippen LogP contribution in [0.1, 0.15) is 39.5 Å².